The molecule has 118 valence electrons. The van der Waals surface area contributed by atoms with Crippen LogP contribution < -0.4 is 11.1 Å². The maximum absolute atomic E-state index is 12.2. The molecule has 0 radical (unpaired) electrons. The molecule has 0 fully saturated rings. The number of likely N-dealkylation sites (N-methyl/N-ethyl adjacent to an activating group) is 1. The molecule has 21 heavy (non-hydrogen) atoms. The Hall–Kier alpha value is -1.59. The lowest BCUT2D eigenvalue weighted by Gasteiger charge is -2.23. The summed E-state index contributed by atoms with van der Waals surface area (Å²) in [5.41, 5.74) is 8.31. The highest BCUT2D eigenvalue weighted by molar-refractivity contribution is 5.95. The Bertz CT molecular complexity index is 460. The second kappa shape index (κ2) is 8.64. The predicted octanol–water partition coefficient (Wildman–Crippen LogP) is 1.79. The zero-order chi connectivity index (χ0) is 15.8. The molecule has 1 aromatic carbocycles. The van der Waals surface area contributed by atoms with Crippen LogP contribution in [0.2, 0.25) is 0 Å². The van der Waals surface area contributed by atoms with E-state index in [4.69, 9.17) is 5.73 Å². The molecule has 0 aromatic heterocycles. The van der Waals surface area contributed by atoms with Crippen LogP contribution in [0.4, 0.5) is 11.4 Å². The zero-order valence-corrected chi connectivity index (χ0v) is 13.6. The van der Waals surface area contributed by atoms with Gasteiger partial charge in [-0.2, -0.15) is 0 Å². The van der Waals surface area contributed by atoms with Crippen LogP contribution in [0.1, 0.15) is 18.9 Å². The lowest BCUT2D eigenvalue weighted by Crippen LogP contribution is -2.38. The van der Waals surface area contributed by atoms with E-state index in [9.17, 15) is 4.79 Å². The molecular weight excluding hydrogens is 264 g/mol. The molecule has 0 spiro atoms. The number of benzene rings is 1. The Kier molecular flexibility index (Phi) is 7.19. The third-order valence-corrected chi connectivity index (χ3v) is 3.25. The van der Waals surface area contributed by atoms with E-state index >= 15 is 0 Å². The fourth-order valence-electron chi connectivity index (χ4n) is 2.12. The van der Waals surface area contributed by atoms with Crippen molar-refractivity contribution < 1.29 is 4.79 Å². The van der Waals surface area contributed by atoms with Gasteiger partial charge >= 0.3 is 0 Å². The molecule has 1 aromatic rings. The van der Waals surface area contributed by atoms with Crippen molar-refractivity contribution in [2.75, 3.05) is 51.3 Å². The van der Waals surface area contributed by atoms with Crippen molar-refractivity contribution in [3.63, 3.8) is 0 Å². The van der Waals surface area contributed by atoms with Crippen LogP contribution in [0, 0.1) is 6.92 Å². The van der Waals surface area contributed by atoms with Crippen LogP contribution in [0.25, 0.3) is 0 Å². The summed E-state index contributed by atoms with van der Waals surface area (Å²) in [6.45, 7) is 7.25. The number of amides is 1. The third-order valence-electron chi connectivity index (χ3n) is 3.25. The molecule has 5 heteroatoms. The van der Waals surface area contributed by atoms with Crippen molar-refractivity contribution in [1.82, 2.24) is 9.80 Å². The number of aryl methyl sites for hydroxylation is 1. The van der Waals surface area contributed by atoms with Gasteiger partial charge in [-0.15, -0.1) is 0 Å². The summed E-state index contributed by atoms with van der Waals surface area (Å²) in [4.78, 5) is 16.4. The van der Waals surface area contributed by atoms with Gasteiger partial charge in [-0.25, -0.2) is 0 Å². The fourth-order valence-corrected chi connectivity index (χ4v) is 2.12. The molecule has 3 N–H and O–H groups in total. The van der Waals surface area contributed by atoms with Gasteiger partial charge in [0.2, 0.25) is 5.91 Å². The smallest absolute Gasteiger partial charge is 0.238 e. The van der Waals surface area contributed by atoms with Gasteiger partial charge in [-0.3, -0.25) is 9.69 Å². The molecular formula is C16H28N4O. The second-order valence-corrected chi connectivity index (χ2v) is 5.72. The first-order valence-corrected chi connectivity index (χ1v) is 7.45. The van der Waals surface area contributed by atoms with E-state index in [-0.39, 0.29) is 5.91 Å². The van der Waals surface area contributed by atoms with E-state index in [1.807, 2.05) is 39.2 Å². The standard InChI is InChI=1S/C16H28N4O/c1-5-8-20(10-9-19(3)4)12-16(21)18-15-7-6-13(2)11-14(15)17/h6-7,11H,5,8-10,12,17H2,1-4H3,(H,18,21). The summed E-state index contributed by atoms with van der Waals surface area (Å²) in [7, 11) is 4.08. The SMILES string of the molecule is CCCN(CCN(C)C)CC(=O)Nc1ccc(C)cc1N. The summed E-state index contributed by atoms with van der Waals surface area (Å²) in [5, 5.41) is 2.89. The third kappa shape index (κ3) is 6.60. The molecule has 0 atom stereocenters. The number of nitrogens with one attached hydrogen (secondary N) is 1. The summed E-state index contributed by atoms with van der Waals surface area (Å²) in [6.07, 6.45) is 1.04. The number of nitrogen functional groups attached to an aromatic ring is 1. The van der Waals surface area contributed by atoms with Gasteiger partial charge in [0, 0.05) is 13.1 Å². The maximum Gasteiger partial charge on any atom is 0.238 e. The van der Waals surface area contributed by atoms with Crippen molar-refractivity contribution in [3.05, 3.63) is 23.8 Å². The van der Waals surface area contributed by atoms with Crippen molar-refractivity contribution in [3.8, 4) is 0 Å². The monoisotopic (exact) mass is 292 g/mol. The quantitative estimate of drug-likeness (QED) is 0.717. The summed E-state index contributed by atoms with van der Waals surface area (Å²) >= 11 is 0. The van der Waals surface area contributed by atoms with E-state index in [1.165, 1.54) is 0 Å². The number of anilines is 2. The predicted molar refractivity (Wildman–Crippen MR) is 89.5 cm³/mol. The summed E-state index contributed by atoms with van der Waals surface area (Å²) in [6, 6.07) is 5.67. The molecule has 0 bridgehead atoms. The zero-order valence-electron chi connectivity index (χ0n) is 13.6. The highest BCUT2D eigenvalue weighted by atomic mass is 16.2. The lowest BCUT2D eigenvalue weighted by atomic mass is 10.2. The Morgan fingerprint density at radius 3 is 2.52 bits per heavy atom. The van der Waals surface area contributed by atoms with E-state index in [1.54, 1.807) is 0 Å². The van der Waals surface area contributed by atoms with Gasteiger partial charge < -0.3 is 16.0 Å². The Labute approximate surface area is 128 Å². The topological polar surface area (TPSA) is 61.6 Å². The van der Waals surface area contributed by atoms with Crippen LogP contribution >= 0.6 is 0 Å². The van der Waals surface area contributed by atoms with Crippen LogP contribution in [-0.4, -0.2) is 56.0 Å². The molecule has 0 unspecified atom stereocenters. The number of hydrogen-bond donors (Lipinski definition) is 2. The number of rotatable bonds is 8. The van der Waals surface area contributed by atoms with Crippen LogP contribution in [0.3, 0.4) is 0 Å². The maximum atomic E-state index is 12.2. The Balaban J connectivity index is 2.56. The highest BCUT2D eigenvalue weighted by Crippen LogP contribution is 2.19. The molecule has 0 aliphatic heterocycles. The van der Waals surface area contributed by atoms with Crippen LogP contribution in [0.5, 0.6) is 0 Å². The van der Waals surface area contributed by atoms with E-state index in [0.717, 1.165) is 31.6 Å². The highest BCUT2D eigenvalue weighted by Gasteiger charge is 2.11. The largest absolute Gasteiger partial charge is 0.397 e. The molecule has 1 rings (SSSR count). The molecule has 0 heterocycles. The van der Waals surface area contributed by atoms with E-state index in [0.29, 0.717) is 17.9 Å². The average Bonchev–Trinajstić information content (AvgIpc) is 2.39. The van der Waals surface area contributed by atoms with Crippen molar-refractivity contribution >= 4 is 17.3 Å². The molecule has 1 amide bonds. The number of nitrogens with two attached hydrogens (primary N) is 1. The van der Waals surface area contributed by atoms with E-state index in [2.05, 4.69) is 22.0 Å². The number of carbonyl (C=O) groups is 1. The van der Waals surface area contributed by atoms with Crippen LogP contribution in [-0.2, 0) is 4.79 Å². The minimum absolute atomic E-state index is 0.0160. The number of nitrogens with zero attached hydrogens (tertiary/aromatic N) is 2. The first kappa shape index (κ1) is 17.5. The van der Waals surface area contributed by atoms with Crippen molar-refractivity contribution in [1.29, 1.82) is 0 Å². The summed E-state index contributed by atoms with van der Waals surface area (Å²) < 4.78 is 0. The van der Waals surface area contributed by atoms with Gasteiger partial charge in [0.05, 0.1) is 17.9 Å². The van der Waals surface area contributed by atoms with Gasteiger partial charge in [-0.05, 0) is 51.7 Å². The molecule has 5 nitrogen and oxygen atoms in total. The summed E-state index contributed by atoms with van der Waals surface area (Å²) in [5.74, 6) is -0.0160. The Morgan fingerprint density at radius 2 is 1.95 bits per heavy atom. The Morgan fingerprint density at radius 1 is 1.24 bits per heavy atom. The number of carbonyl (C=O) groups excluding carboxylic acids is 1. The molecule has 0 aliphatic carbocycles. The molecule has 0 saturated heterocycles. The molecule has 0 aliphatic rings. The fraction of sp³-hybridized carbons (Fsp3) is 0.562. The van der Waals surface area contributed by atoms with Crippen molar-refractivity contribution in [2.24, 2.45) is 0 Å². The minimum Gasteiger partial charge on any atom is -0.397 e. The first-order chi connectivity index (χ1) is 9.92. The van der Waals surface area contributed by atoms with Gasteiger partial charge in [-0.1, -0.05) is 13.0 Å². The normalized spacial score (nSPS) is 11.1. The first-order valence-electron chi connectivity index (χ1n) is 7.45. The van der Waals surface area contributed by atoms with Gasteiger partial charge in [0.15, 0.2) is 0 Å². The van der Waals surface area contributed by atoms with Gasteiger partial charge in [0.1, 0.15) is 0 Å². The van der Waals surface area contributed by atoms with Gasteiger partial charge in [0.25, 0.3) is 0 Å². The lowest BCUT2D eigenvalue weighted by molar-refractivity contribution is -0.117. The minimum atomic E-state index is -0.0160. The molecule has 0 saturated carbocycles. The van der Waals surface area contributed by atoms with E-state index < -0.39 is 0 Å². The number of hydrogen-bond acceptors (Lipinski definition) is 4. The average molecular weight is 292 g/mol. The van der Waals surface area contributed by atoms with Crippen LogP contribution in [0.15, 0.2) is 18.2 Å². The van der Waals surface area contributed by atoms with Crippen molar-refractivity contribution in [2.45, 2.75) is 20.3 Å². The second-order valence-electron chi connectivity index (χ2n) is 5.72.